The van der Waals surface area contributed by atoms with E-state index in [1.165, 1.54) is 4.90 Å². The van der Waals surface area contributed by atoms with E-state index in [-0.39, 0.29) is 17.9 Å². The Balaban J connectivity index is 0.000000165. The number of aromatic nitrogens is 4. The Bertz CT molecular complexity index is 2020. The molecule has 2 saturated heterocycles. The lowest BCUT2D eigenvalue weighted by Gasteiger charge is -2.30. The van der Waals surface area contributed by atoms with Gasteiger partial charge in [0.2, 0.25) is 23.7 Å². The normalized spacial score (nSPS) is 17.8. The number of carboxylic acid groups (broad SMARTS) is 1. The average molecular weight is 851 g/mol. The number of halogens is 2. The van der Waals surface area contributed by atoms with Gasteiger partial charge in [-0.25, -0.2) is 14.8 Å². The standard InChI is InChI=1S/C18H19BrN6O3.C17H19BrN6O/c19-13-9-20-17(22-12-1-2-14-10(7-12)8-15(26)23-14)24-16(13)21-11-3-5-25(6-4-11)18(27)28;18-13-9-20-17(24-16(13)21-12-2-1-5-19-8-12)22-11-3-4-14-10(6-11)7-15(25)23-14/h1-2,7,9,11H,3-6,8H2,(H,23,26)(H,27,28)(H2,20,21,22,24);3-4,6,9,12,19H,1-2,5,7-8H2,(H,23,25)(H2,20,21,22,24). The van der Waals surface area contributed by atoms with Crippen LogP contribution in [0.2, 0.25) is 0 Å². The molecule has 1 unspecified atom stereocenters. The van der Waals surface area contributed by atoms with Gasteiger partial charge in [0.1, 0.15) is 11.6 Å². The summed E-state index contributed by atoms with van der Waals surface area (Å²) in [5.74, 6) is 2.41. The van der Waals surface area contributed by atoms with Gasteiger partial charge in [0.05, 0.1) is 21.8 Å². The number of benzene rings is 2. The molecule has 8 rings (SSSR count). The summed E-state index contributed by atoms with van der Waals surface area (Å²) in [6, 6.07) is 11.9. The van der Waals surface area contributed by atoms with Crippen LogP contribution in [-0.4, -0.2) is 86.1 Å². The van der Waals surface area contributed by atoms with Crippen LogP contribution < -0.4 is 37.2 Å². The SMILES string of the molecule is O=C1Cc2cc(Nc3ncc(Br)c(NC4CCCNC4)n3)ccc2N1.O=C1Cc2cc(Nc3ncc(Br)c(NC4CCN(C(=O)O)CC4)n3)ccc2N1. The Kier molecular flexibility index (Phi) is 11.2. The second-order valence-corrected chi connectivity index (χ2v) is 14.8. The summed E-state index contributed by atoms with van der Waals surface area (Å²) in [5.41, 5.74) is 5.30. The molecule has 0 bridgehead atoms. The maximum Gasteiger partial charge on any atom is 0.407 e. The smallest absolute Gasteiger partial charge is 0.407 e. The molecule has 4 aromatic rings. The first kappa shape index (κ1) is 36.3. The van der Waals surface area contributed by atoms with E-state index in [1.54, 1.807) is 12.4 Å². The number of hydrogen-bond donors (Lipinski definition) is 8. The van der Waals surface area contributed by atoms with Gasteiger partial charge in [0.15, 0.2) is 0 Å². The number of anilines is 8. The van der Waals surface area contributed by atoms with Crippen molar-refractivity contribution < 1.29 is 19.5 Å². The van der Waals surface area contributed by atoms with E-state index >= 15 is 0 Å². The lowest BCUT2D eigenvalue weighted by atomic mass is 10.1. The third kappa shape index (κ3) is 9.30. The van der Waals surface area contributed by atoms with Crippen molar-refractivity contribution in [3.05, 3.63) is 68.9 Å². The van der Waals surface area contributed by atoms with Crippen molar-refractivity contribution in [1.82, 2.24) is 30.2 Å². The van der Waals surface area contributed by atoms with E-state index in [4.69, 9.17) is 5.11 Å². The minimum atomic E-state index is -0.876. The zero-order valence-electron chi connectivity index (χ0n) is 28.5. The monoisotopic (exact) mass is 848 g/mol. The number of amides is 3. The summed E-state index contributed by atoms with van der Waals surface area (Å²) in [7, 11) is 0. The van der Waals surface area contributed by atoms with E-state index in [0.29, 0.717) is 49.7 Å². The van der Waals surface area contributed by atoms with Crippen LogP contribution in [0.1, 0.15) is 36.8 Å². The molecule has 2 aromatic carbocycles. The first-order chi connectivity index (χ1) is 25.6. The van der Waals surface area contributed by atoms with Crippen molar-refractivity contribution in [2.75, 3.05) is 58.1 Å². The summed E-state index contributed by atoms with van der Waals surface area (Å²) in [6.07, 6.45) is 7.04. The number of likely N-dealkylation sites (tertiary alicyclic amines) is 1. The fourth-order valence-corrected chi connectivity index (χ4v) is 7.12. The maximum atomic E-state index is 11.5. The molecule has 0 spiro atoms. The van der Waals surface area contributed by atoms with Crippen LogP contribution in [0.15, 0.2) is 57.7 Å². The van der Waals surface area contributed by atoms with Crippen molar-refractivity contribution in [2.24, 2.45) is 0 Å². The number of nitrogens with one attached hydrogen (secondary N) is 7. The first-order valence-corrected chi connectivity index (χ1v) is 18.9. The topological polar surface area (TPSA) is 210 Å². The number of carbonyl (C=O) groups excluding carboxylic acids is 2. The number of hydrogen-bond acceptors (Lipinski definition) is 12. The predicted octanol–water partition coefficient (Wildman–Crippen LogP) is 5.67. The molecule has 8 N–H and O–H groups in total. The van der Waals surface area contributed by atoms with Gasteiger partial charge in [-0.2, -0.15) is 9.97 Å². The first-order valence-electron chi connectivity index (χ1n) is 17.3. The molecule has 53 heavy (non-hydrogen) atoms. The Morgan fingerprint density at radius 2 is 1.30 bits per heavy atom. The zero-order chi connectivity index (χ0) is 36.9. The second kappa shape index (κ2) is 16.3. The quantitative estimate of drug-likeness (QED) is 0.108. The molecule has 4 aliphatic heterocycles. The fraction of sp³-hybridized carbons (Fsp3) is 0.343. The largest absolute Gasteiger partial charge is 0.465 e. The number of carbonyl (C=O) groups is 3. The number of nitrogens with zero attached hydrogens (tertiary/aromatic N) is 5. The van der Waals surface area contributed by atoms with Crippen LogP contribution in [0.25, 0.3) is 0 Å². The molecule has 18 heteroatoms. The van der Waals surface area contributed by atoms with Gasteiger partial charge in [-0.3, -0.25) is 9.59 Å². The highest BCUT2D eigenvalue weighted by atomic mass is 79.9. The molecule has 3 amide bonds. The fourth-order valence-electron chi connectivity index (χ4n) is 6.51. The second-order valence-electron chi connectivity index (χ2n) is 13.1. The molecule has 1 atom stereocenters. The Labute approximate surface area is 322 Å². The Morgan fingerprint density at radius 3 is 1.79 bits per heavy atom. The highest BCUT2D eigenvalue weighted by Gasteiger charge is 2.24. The summed E-state index contributed by atoms with van der Waals surface area (Å²) < 4.78 is 1.58. The minimum absolute atomic E-state index is 0.00697. The number of piperidine rings is 2. The Hall–Kier alpha value is -5.07. The van der Waals surface area contributed by atoms with E-state index in [0.717, 1.165) is 87.4 Å². The zero-order valence-corrected chi connectivity index (χ0v) is 31.7. The molecule has 6 heterocycles. The van der Waals surface area contributed by atoms with Crippen LogP contribution in [0.4, 0.5) is 51.1 Å². The van der Waals surface area contributed by atoms with Crippen molar-refractivity contribution in [3.8, 4) is 0 Å². The molecule has 0 radical (unpaired) electrons. The maximum absolute atomic E-state index is 11.5. The van der Waals surface area contributed by atoms with Gasteiger partial charge >= 0.3 is 6.09 Å². The molecule has 276 valence electrons. The summed E-state index contributed by atoms with van der Waals surface area (Å²) >= 11 is 6.97. The van der Waals surface area contributed by atoms with Crippen LogP contribution in [0.3, 0.4) is 0 Å². The van der Waals surface area contributed by atoms with Gasteiger partial charge < -0.3 is 47.2 Å². The van der Waals surface area contributed by atoms with E-state index < -0.39 is 6.09 Å². The van der Waals surface area contributed by atoms with Gasteiger partial charge in [0, 0.05) is 66.9 Å². The van der Waals surface area contributed by atoms with Crippen LogP contribution in [-0.2, 0) is 22.4 Å². The highest BCUT2D eigenvalue weighted by molar-refractivity contribution is 9.11. The number of fused-ring (bicyclic) bond motifs is 2. The minimum Gasteiger partial charge on any atom is -0.465 e. The van der Waals surface area contributed by atoms with Crippen LogP contribution in [0.5, 0.6) is 0 Å². The van der Waals surface area contributed by atoms with Gasteiger partial charge in [0.25, 0.3) is 0 Å². The van der Waals surface area contributed by atoms with E-state index in [1.807, 2.05) is 36.4 Å². The van der Waals surface area contributed by atoms with E-state index in [9.17, 15) is 14.4 Å². The molecule has 0 aliphatic carbocycles. The van der Waals surface area contributed by atoms with Gasteiger partial charge in [-0.1, -0.05) is 0 Å². The number of rotatable bonds is 8. The summed E-state index contributed by atoms with van der Waals surface area (Å²) in [5, 5.41) is 31.3. The van der Waals surface area contributed by atoms with Crippen molar-refractivity contribution in [1.29, 1.82) is 0 Å². The highest BCUT2D eigenvalue weighted by Crippen LogP contribution is 2.30. The van der Waals surface area contributed by atoms with Crippen LogP contribution >= 0.6 is 31.9 Å². The summed E-state index contributed by atoms with van der Waals surface area (Å²) in [6.45, 7) is 3.02. The lowest BCUT2D eigenvalue weighted by Crippen LogP contribution is -2.41. The third-order valence-corrected chi connectivity index (χ3v) is 10.4. The van der Waals surface area contributed by atoms with Gasteiger partial charge in [-0.15, -0.1) is 0 Å². The molecular formula is C35H38Br2N12O4. The molecule has 16 nitrogen and oxygen atoms in total. The van der Waals surface area contributed by atoms with Crippen molar-refractivity contribution >= 4 is 96.0 Å². The lowest BCUT2D eigenvalue weighted by molar-refractivity contribution is -0.115. The molecule has 2 fully saturated rings. The van der Waals surface area contributed by atoms with Crippen molar-refractivity contribution in [2.45, 2.75) is 50.6 Å². The van der Waals surface area contributed by atoms with Crippen molar-refractivity contribution in [3.63, 3.8) is 0 Å². The van der Waals surface area contributed by atoms with E-state index in [2.05, 4.69) is 89.0 Å². The summed E-state index contributed by atoms with van der Waals surface area (Å²) in [4.78, 5) is 53.1. The average Bonchev–Trinajstić information content (AvgIpc) is 3.71. The Morgan fingerprint density at radius 1 is 0.774 bits per heavy atom. The van der Waals surface area contributed by atoms with Crippen LogP contribution in [0, 0.1) is 0 Å². The molecule has 0 saturated carbocycles. The third-order valence-electron chi connectivity index (χ3n) is 9.21. The predicted molar refractivity (Wildman–Crippen MR) is 209 cm³/mol. The molecule has 4 aliphatic rings. The molecular weight excluding hydrogens is 812 g/mol. The molecule has 2 aromatic heterocycles. The van der Waals surface area contributed by atoms with Gasteiger partial charge in [-0.05, 0) is 112 Å².